The van der Waals surface area contributed by atoms with Crippen molar-refractivity contribution < 1.29 is 5.11 Å². The van der Waals surface area contributed by atoms with Crippen LogP contribution in [-0.4, -0.2) is 15.1 Å². The van der Waals surface area contributed by atoms with Gasteiger partial charge in [0.2, 0.25) is 0 Å². The van der Waals surface area contributed by atoms with Gasteiger partial charge in [-0.1, -0.05) is 17.7 Å². The van der Waals surface area contributed by atoms with Gasteiger partial charge in [0.25, 0.3) is 0 Å². The molecule has 0 radical (unpaired) electrons. The van der Waals surface area contributed by atoms with E-state index in [1.54, 1.807) is 31.5 Å². The van der Waals surface area contributed by atoms with Crippen LogP contribution in [0.5, 0.6) is 0 Å². The van der Waals surface area contributed by atoms with Crippen LogP contribution in [0.15, 0.2) is 46.7 Å². The highest BCUT2D eigenvalue weighted by Crippen LogP contribution is 2.30. The fourth-order valence-corrected chi connectivity index (χ4v) is 2.20. The molecule has 0 fully saturated rings. The highest BCUT2D eigenvalue weighted by Gasteiger charge is 2.06. The molecule has 0 saturated heterocycles. The Kier molecular flexibility index (Phi) is 3.99. The summed E-state index contributed by atoms with van der Waals surface area (Å²) in [4.78, 5) is 8.41. The van der Waals surface area contributed by atoms with Gasteiger partial charge in [-0.15, -0.1) is 0 Å². The van der Waals surface area contributed by atoms with Crippen molar-refractivity contribution in [2.45, 2.75) is 23.1 Å². The van der Waals surface area contributed by atoms with Crippen LogP contribution in [0.2, 0.25) is 5.02 Å². The van der Waals surface area contributed by atoms with Crippen molar-refractivity contribution in [2.24, 2.45) is 0 Å². The minimum absolute atomic E-state index is 0.500. The molecular formula is C12H11ClN2OS. The summed E-state index contributed by atoms with van der Waals surface area (Å²) in [6, 6.07) is 7.27. The molecule has 0 unspecified atom stereocenters. The van der Waals surface area contributed by atoms with Crippen LogP contribution in [0.1, 0.15) is 18.6 Å². The second-order valence-corrected chi connectivity index (χ2v) is 4.91. The van der Waals surface area contributed by atoms with E-state index >= 15 is 0 Å². The van der Waals surface area contributed by atoms with Crippen molar-refractivity contribution in [3.05, 3.63) is 47.2 Å². The second kappa shape index (κ2) is 5.49. The number of hydrogen-bond acceptors (Lipinski definition) is 4. The van der Waals surface area contributed by atoms with Crippen LogP contribution in [0.3, 0.4) is 0 Å². The van der Waals surface area contributed by atoms with E-state index in [4.69, 9.17) is 11.6 Å². The average molecular weight is 267 g/mol. The van der Waals surface area contributed by atoms with Gasteiger partial charge in [-0.3, -0.25) is 0 Å². The molecule has 5 heteroatoms. The number of nitrogens with zero attached hydrogens (tertiary/aromatic N) is 2. The lowest BCUT2D eigenvalue weighted by molar-refractivity contribution is 0.198. The Morgan fingerprint density at radius 3 is 2.71 bits per heavy atom. The number of aliphatic hydroxyl groups is 1. The molecule has 88 valence electrons. The maximum atomic E-state index is 9.37. The van der Waals surface area contributed by atoms with E-state index in [1.165, 1.54) is 11.8 Å². The normalized spacial score (nSPS) is 12.4. The van der Waals surface area contributed by atoms with Gasteiger partial charge in [0.1, 0.15) is 10.1 Å². The van der Waals surface area contributed by atoms with E-state index in [1.807, 2.05) is 12.1 Å². The minimum Gasteiger partial charge on any atom is -0.389 e. The van der Waals surface area contributed by atoms with Gasteiger partial charge in [-0.2, -0.15) is 0 Å². The molecule has 0 aliphatic rings. The molecule has 2 aromatic heterocycles. The molecule has 2 heterocycles. The number of halogens is 1. The molecule has 3 nitrogen and oxygen atoms in total. The van der Waals surface area contributed by atoms with Gasteiger partial charge in [0.05, 0.1) is 11.1 Å². The van der Waals surface area contributed by atoms with Gasteiger partial charge < -0.3 is 5.11 Å². The Labute approximate surface area is 109 Å². The largest absolute Gasteiger partial charge is 0.389 e. The fraction of sp³-hybridized carbons (Fsp3) is 0.167. The quantitative estimate of drug-likeness (QED) is 0.926. The van der Waals surface area contributed by atoms with Crippen molar-refractivity contribution in [2.75, 3.05) is 0 Å². The zero-order valence-electron chi connectivity index (χ0n) is 9.17. The Morgan fingerprint density at radius 2 is 2.12 bits per heavy atom. The molecule has 1 N–H and O–H groups in total. The van der Waals surface area contributed by atoms with Crippen LogP contribution in [0.4, 0.5) is 0 Å². The number of hydrogen-bond donors (Lipinski definition) is 1. The van der Waals surface area contributed by atoms with Gasteiger partial charge in [0, 0.05) is 12.4 Å². The molecule has 17 heavy (non-hydrogen) atoms. The highest BCUT2D eigenvalue weighted by molar-refractivity contribution is 7.99. The maximum Gasteiger partial charge on any atom is 0.121 e. The Bertz CT molecular complexity index is 502. The van der Waals surface area contributed by atoms with Gasteiger partial charge in [-0.25, -0.2) is 9.97 Å². The molecule has 2 aromatic rings. The molecule has 1 atom stereocenters. The van der Waals surface area contributed by atoms with E-state index in [2.05, 4.69) is 9.97 Å². The lowest BCUT2D eigenvalue weighted by atomic mass is 10.2. The Hall–Kier alpha value is -1.10. The monoisotopic (exact) mass is 266 g/mol. The zero-order chi connectivity index (χ0) is 12.3. The van der Waals surface area contributed by atoms with Gasteiger partial charge in [0.15, 0.2) is 0 Å². The van der Waals surface area contributed by atoms with Gasteiger partial charge >= 0.3 is 0 Å². The summed E-state index contributed by atoms with van der Waals surface area (Å²) in [5.41, 5.74) is 0.793. The van der Waals surface area contributed by atoms with Crippen LogP contribution >= 0.6 is 23.4 Å². The average Bonchev–Trinajstić information content (AvgIpc) is 2.33. The maximum absolute atomic E-state index is 9.37. The van der Waals surface area contributed by atoms with E-state index in [0.29, 0.717) is 5.02 Å². The summed E-state index contributed by atoms with van der Waals surface area (Å²) in [5.74, 6) is 0. The van der Waals surface area contributed by atoms with Crippen LogP contribution in [0.25, 0.3) is 0 Å². The van der Waals surface area contributed by atoms with Crippen molar-refractivity contribution in [3.63, 3.8) is 0 Å². The van der Waals surface area contributed by atoms with Crippen molar-refractivity contribution >= 4 is 23.4 Å². The molecule has 0 saturated carbocycles. The van der Waals surface area contributed by atoms with Crippen molar-refractivity contribution in [1.82, 2.24) is 9.97 Å². The van der Waals surface area contributed by atoms with Crippen LogP contribution in [0, 0.1) is 0 Å². The van der Waals surface area contributed by atoms with E-state index in [0.717, 1.165) is 15.6 Å². The Balaban J connectivity index is 2.17. The number of rotatable bonds is 3. The van der Waals surface area contributed by atoms with Crippen molar-refractivity contribution in [1.29, 1.82) is 0 Å². The molecule has 0 amide bonds. The third-order valence-corrected chi connectivity index (χ3v) is 3.55. The zero-order valence-corrected chi connectivity index (χ0v) is 10.7. The first kappa shape index (κ1) is 12.4. The smallest absolute Gasteiger partial charge is 0.121 e. The standard InChI is InChI=1S/C12H11ClN2OS/c1-8(16)9-4-5-11(15-7-9)17-12-10(13)3-2-6-14-12/h2-8,16H,1H3/t8-/m1/s1. The number of pyridine rings is 2. The Morgan fingerprint density at radius 1 is 1.29 bits per heavy atom. The first-order valence-corrected chi connectivity index (χ1v) is 6.28. The molecule has 0 spiro atoms. The third kappa shape index (κ3) is 3.19. The topological polar surface area (TPSA) is 46.0 Å². The number of aromatic nitrogens is 2. The van der Waals surface area contributed by atoms with E-state index in [9.17, 15) is 5.11 Å². The van der Waals surface area contributed by atoms with Gasteiger partial charge in [-0.05, 0) is 42.4 Å². The predicted molar refractivity (Wildman–Crippen MR) is 68.2 cm³/mol. The lowest BCUT2D eigenvalue weighted by Crippen LogP contribution is -1.92. The third-order valence-electron chi connectivity index (χ3n) is 2.17. The molecule has 0 aliphatic carbocycles. The summed E-state index contributed by atoms with van der Waals surface area (Å²) < 4.78 is 0. The molecule has 2 rings (SSSR count). The van der Waals surface area contributed by atoms with Crippen molar-refractivity contribution in [3.8, 4) is 0 Å². The number of aliphatic hydroxyl groups excluding tert-OH is 1. The molecule has 0 aliphatic heterocycles. The summed E-state index contributed by atoms with van der Waals surface area (Å²) in [6.07, 6.45) is 2.85. The van der Waals surface area contributed by atoms with Crippen LogP contribution in [-0.2, 0) is 0 Å². The minimum atomic E-state index is -0.500. The van der Waals surface area contributed by atoms with E-state index in [-0.39, 0.29) is 0 Å². The van der Waals surface area contributed by atoms with E-state index < -0.39 is 6.10 Å². The first-order valence-electron chi connectivity index (χ1n) is 5.09. The first-order chi connectivity index (χ1) is 8.16. The highest BCUT2D eigenvalue weighted by atomic mass is 35.5. The summed E-state index contributed by atoms with van der Waals surface area (Å²) in [5, 5.41) is 11.5. The van der Waals surface area contributed by atoms with Crippen LogP contribution < -0.4 is 0 Å². The summed E-state index contributed by atoms with van der Waals surface area (Å²) in [6.45, 7) is 1.71. The lowest BCUT2D eigenvalue weighted by Gasteiger charge is -2.05. The predicted octanol–water partition coefficient (Wildman–Crippen LogP) is 3.33. The SMILES string of the molecule is C[C@@H](O)c1ccc(Sc2ncccc2Cl)nc1. The molecular weight excluding hydrogens is 256 g/mol. The fourth-order valence-electron chi connectivity index (χ4n) is 1.24. The summed E-state index contributed by atoms with van der Waals surface area (Å²) >= 11 is 7.40. The summed E-state index contributed by atoms with van der Waals surface area (Å²) in [7, 11) is 0. The molecule has 0 bridgehead atoms. The second-order valence-electron chi connectivity index (χ2n) is 3.50. The molecule has 0 aromatic carbocycles.